The van der Waals surface area contributed by atoms with Gasteiger partial charge < -0.3 is 4.90 Å². The van der Waals surface area contributed by atoms with E-state index in [1.807, 2.05) is 49.9 Å². The van der Waals surface area contributed by atoms with Crippen molar-refractivity contribution in [2.75, 3.05) is 17.4 Å². The summed E-state index contributed by atoms with van der Waals surface area (Å²) in [6.07, 6.45) is 1.55. The molecule has 0 aromatic heterocycles. The highest BCUT2D eigenvalue weighted by atomic mass is 32.2. The van der Waals surface area contributed by atoms with Crippen LogP contribution in [-0.2, 0) is 14.8 Å². The molecule has 1 aliphatic carbocycles. The second-order valence-corrected chi connectivity index (χ2v) is 10.5. The number of carbonyl (C=O) groups excluding carboxylic acids is 1. The van der Waals surface area contributed by atoms with Gasteiger partial charge in [-0.3, -0.25) is 9.10 Å². The molecular weight excluding hydrogens is 396 g/mol. The topological polar surface area (TPSA) is 57.7 Å². The van der Waals surface area contributed by atoms with Crippen molar-refractivity contribution < 1.29 is 13.2 Å². The predicted octanol–water partition coefficient (Wildman–Crippen LogP) is 4.26. The number of amides is 1. The van der Waals surface area contributed by atoms with Crippen LogP contribution in [0.2, 0.25) is 0 Å². The van der Waals surface area contributed by atoms with Gasteiger partial charge in [-0.2, -0.15) is 0 Å². The van der Waals surface area contributed by atoms with Gasteiger partial charge in [0.2, 0.25) is 5.91 Å². The zero-order valence-corrected chi connectivity index (χ0v) is 18.7. The van der Waals surface area contributed by atoms with Crippen LogP contribution in [-0.4, -0.2) is 38.4 Å². The lowest BCUT2D eigenvalue weighted by molar-refractivity contribution is -0.129. The largest absolute Gasteiger partial charge is 0.342 e. The van der Waals surface area contributed by atoms with Crippen molar-refractivity contribution in [3.05, 3.63) is 60.2 Å². The molecule has 2 aromatic carbocycles. The molecule has 4 rings (SSSR count). The number of carbonyl (C=O) groups is 1. The molecule has 1 saturated heterocycles. The summed E-state index contributed by atoms with van der Waals surface area (Å²) in [6.45, 7) is 7.36. The SMILES string of the molecule is CCC(=O)N1CC2CC(c3ccccc3N(C(C)C)S(=O)(=O)c3ccccc3)C2C1. The van der Waals surface area contributed by atoms with E-state index in [0.717, 1.165) is 30.8 Å². The van der Waals surface area contributed by atoms with Crippen molar-refractivity contribution in [3.63, 3.8) is 0 Å². The lowest BCUT2D eigenvalue weighted by Crippen LogP contribution is -2.40. The molecule has 5 nitrogen and oxygen atoms in total. The van der Waals surface area contributed by atoms with Crippen molar-refractivity contribution in [1.82, 2.24) is 4.90 Å². The standard InChI is InChI=1S/C24H30N2O3S/c1-4-24(27)25-15-18-14-21(22(18)16-25)20-12-8-9-13-23(20)26(17(2)3)30(28,29)19-10-6-5-7-11-19/h5-13,17-18,21-22H,4,14-16H2,1-3H3. The Hall–Kier alpha value is -2.34. The molecule has 3 unspecified atom stereocenters. The van der Waals surface area contributed by atoms with Crippen LogP contribution in [0.4, 0.5) is 5.69 Å². The van der Waals surface area contributed by atoms with Crippen LogP contribution in [0.3, 0.4) is 0 Å². The number of benzene rings is 2. The van der Waals surface area contributed by atoms with Gasteiger partial charge in [-0.05, 0) is 61.8 Å². The lowest BCUT2D eigenvalue weighted by Gasteiger charge is -2.42. The molecular formula is C24H30N2O3S. The zero-order chi connectivity index (χ0) is 21.5. The third kappa shape index (κ3) is 3.51. The molecule has 0 bridgehead atoms. The minimum Gasteiger partial charge on any atom is -0.342 e. The molecule has 0 radical (unpaired) electrons. The van der Waals surface area contributed by atoms with Crippen LogP contribution >= 0.6 is 0 Å². The summed E-state index contributed by atoms with van der Waals surface area (Å²) >= 11 is 0. The number of sulfonamides is 1. The first-order chi connectivity index (χ1) is 14.3. The van der Waals surface area contributed by atoms with E-state index in [1.165, 1.54) is 0 Å². The highest BCUT2D eigenvalue weighted by Gasteiger charge is 2.49. The molecule has 2 aliphatic rings. The maximum Gasteiger partial charge on any atom is 0.264 e. The van der Waals surface area contributed by atoms with Crippen LogP contribution in [0.5, 0.6) is 0 Å². The molecule has 2 fully saturated rings. The molecule has 1 saturated carbocycles. The van der Waals surface area contributed by atoms with Crippen molar-refractivity contribution >= 4 is 21.6 Å². The molecule has 1 aliphatic heterocycles. The number of likely N-dealkylation sites (tertiary alicyclic amines) is 1. The van der Waals surface area contributed by atoms with Crippen molar-refractivity contribution in [1.29, 1.82) is 0 Å². The van der Waals surface area contributed by atoms with Gasteiger partial charge in [-0.15, -0.1) is 0 Å². The van der Waals surface area contributed by atoms with E-state index in [9.17, 15) is 13.2 Å². The minimum atomic E-state index is -3.67. The molecule has 3 atom stereocenters. The van der Waals surface area contributed by atoms with Gasteiger partial charge in [0.05, 0.1) is 10.6 Å². The molecule has 30 heavy (non-hydrogen) atoms. The summed E-state index contributed by atoms with van der Waals surface area (Å²) in [5, 5.41) is 0. The molecule has 6 heteroatoms. The Labute approximate surface area is 179 Å². The predicted molar refractivity (Wildman–Crippen MR) is 119 cm³/mol. The molecule has 160 valence electrons. The highest BCUT2D eigenvalue weighted by molar-refractivity contribution is 7.92. The normalized spacial score (nSPS) is 23.2. The second kappa shape index (κ2) is 8.06. The van der Waals surface area contributed by atoms with Crippen LogP contribution in [0, 0.1) is 11.8 Å². The van der Waals surface area contributed by atoms with Crippen molar-refractivity contribution in [2.45, 2.75) is 50.5 Å². The van der Waals surface area contributed by atoms with Gasteiger partial charge in [0.25, 0.3) is 10.0 Å². The Morgan fingerprint density at radius 3 is 2.40 bits per heavy atom. The van der Waals surface area contributed by atoms with Crippen molar-refractivity contribution in [3.8, 4) is 0 Å². The van der Waals surface area contributed by atoms with Crippen LogP contribution in [0.25, 0.3) is 0 Å². The third-order valence-electron chi connectivity index (χ3n) is 6.56. The maximum atomic E-state index is 13.5. The number of para-hydroxylation sites is 1. The Morgan fingerprint density at radius 1 is 1.07 bits per heavy atom. The number of anilines is 1. The van der Waals surface area contributed by atoms with Gasteiger partial charge in [-0.25, -0.2) is 8.42 Å². The summed E-state index contributed by atoms with van der Waals surface area (Å²) in [6, 6.07) is 16.3. The molecule has 0 N–H and O–H groups in total. The first-order valence-corrected chi connectivity index (χ1v) is 12.2. The number of fused-ring (bicyclic) bond motifs is 1. The summed E-state index contributed by atoms with van der Waals surface area (Å²) in [4.78, 5) is 14.5. The first-order valence-electron chi connectivity index (χ1n) is 10.8. The molecule has 0 spiro atoms. The van der Waals surface area contributed by atoms with Crippen LogP contribution in [0.15, 0.2) is 59.5 Å². The van der Waals surface area contributed by atoms with E-state index < -0.39 is 10.0 Å². The van der Waals surface area contributed by atoms with E-state index in [1.54, 1.807) is 28.6 Å². The zero-order valence-electron chi connectivity index (χ0n) is 17.9. The van der Waals surface area contributed by atoms with Crippen LogP contribution < -0.4 is 4.31 Å². The van der Waals surface area contributed by atoms with Crippen molar-refractivity contribution in [2.24, 2.45) is 11.8 Å². The monoisotopic (exact) mass is 426 g/mol. The fraction of sp³-hybridized carbons (Fsp3) is 0.458. The summed E-state index contributed by atoms with van der Waals surface area (Å²) in [5.74, 6) is 1.44. The fourth-order valence-electron chi connectivity index (χ4n) is 5.08. The lowest BCUT2D eigenvalue weighted by atomic mass is 9.63. The fourth-order valence-corrected chi connectivity index (χ4v) is 6.79. The maximum absolute atomic E-state index is 13.5. The number of rotatable bonds is 6. The minimum absolute atomic E-state index is 0.214. The third-order valence-corrected chi connectivity index (χ3v) is 8.57. The quantitative estimate of drug-likeness (QED) is 0.693. The smallest absolute Gasteiger partial charge is 0.264 e. The van der Waals surface area contributed by atoms with E-state index in [-0.39, 0.29) is 17.9 Å². The number of hydrogen-bond donors (Lipinski definition) is 0. The van der Waals surface area contributed by atoms with Gasteiger partial charge in [0.15, 0.2) is 0 Å². The van der Waals surface area contributed by atoms with Gasteiger partial charge in [0.1, 0.15) is 0 Å². The summed E-state index contributed by atoms with van der Waals surface area (Å²) in [7, 11) is -3.67. The average molecular weight is 427 g/mol. The Balaban J connectivity index is 1.69. The highest BCUT2D eigenvalue weighted by Crippen LogP contribution is 2.53. The summed E-state index contributed by atoms with van der Waals surface area (Å²) < 4.78 is 28.6. The Kier molecular flexibility index (Phi) is 5.62. The molecule has 2 aromatic rings. The van der Waals surface area contributed by atoms with E-state index in [4.69, 9.17) is 0 Å². The van der Waals surface area contributed by atoms with E-state index in [2.05, 4.69) is 6.07 Å². The van der Waals surface area contributed by atoms with Gasteiger partial charge in [-0.1, -0.05) is 43.3 Å². The first kappa shape index (κ1) is 20.9. The second-order valence-electron chi connectivity index (χ2n) is 8.68. The molecule has 1 amide bonds. The Morgan fingerprint density at radius 2 is 1.73 bits per heavy atom. The Bertz CT molecular complexity index is 1020. The average Bonchev–Trinajstić information content (AvgIpc) is 3.06. The molecule has 1 heterocycles. The van der Waals surface area contributed by atoms with Crippen LogP contribution in [0.1, 0.15) is 45.1 Å². The summed E-state index contributed by atoms with van der Waals surface area (Å²) in [5.41, 5.74) is 1.85. The van der Waals surface area contributed by atoms with E-state index in [0.29, 0.717) is 23.2 Å². The van der Waals surface area contributed by atoms with Gasteiger partial charge >= 0.3 is 0 Å². The number of hydrogen-bond acceptors (Lipinski definition) is 3. The number of nitrogens with zero attached hydrogens (tertiary/aromatic N) is 2. The van der Waals surface area contributed by atoms with Gasteiger partial charge in [0, 0.05) is 25.6 Å². The van der Waals surface area contributed by atoms with E-state index >= 15 is 0 Å².